The minimum atomic E-state index is -0.284. The maximum atomic E-state index is 12.0. The van der Waals surface area contributed by atoms with Crippen molar-refractivity contribution in [3.63, 3.8) is 0 Å². The van der Waals surface area contributed by atoms with Crippen molar-refractivity contribution in [1.82, 2.24) is 20.5 Å². The summed E-state index contributed by atoms with van der Waals surface area (Å²) in [5.74, 6) is -0.284. The first-order valence-electron chi connectivity index (χ1n) is 7.03. The van der Waals surface area contributed by atoms with E-state index >= 15 is 0 Å². The van der Waals surface area contributed by atoms with Gasteiger partial charge in [-0.15, -0.1) is 0 Å². The highest BCUT2D eigenvalue weighted by molar-refractivity contribution is 5.92. The van der Waals surface area contributed by atoms with Gasteiger partial charge in [-0.25, -0.2) is 0 Å². The van der Waals surface area contributed by atoms with Crippen molar-refractivity contribution in [3.8, 4) is 0 Å². The number of H-pyrrole nitrogens is 2. The van der Waals surface area contributed by atoms with Crippen molar-refractivity contribution in [2.75, 3.05) is 0 Å². The van der Waals surface area contributed by atoms with Crippen molar-refractivity contribution < 1.29 is 4.79 Å². The van der Waals surface area contributed by atoms with Gasteiger partial charge < -0.3 is 10.3 Å². The molecule has 0 saturated carbocycles. The predicted molar refractivity (Wildman–Crippen MR) is 80.3 cm³/mol. The number of carbonyl (C=O) groups excluding carboxylic acids is 1. The summed E-state index contributed by atoms with van der Waals surface area (Å²) in [5, 5.41) is 9.55. The van der Waals surface area contributed by atoms with Crippen LogP contribution in [-0.4, -0.2) is 21.1 Å². The van der Waals surface area contributed by atoms with E-state index in [0.29, 0.717) is 11.3 Å². The van der Waals surface area contributed by atoms with Gasteiger partial charge in [0.25, 0.3) is 11.5 Å². The molecule has 0 aliphatic heterocycles. The number of aromatic amines is 2. The van der Waals surface area contributed by atoms with Gasteiger partial charge in [-0.3, -0.25) is 14.7 Å². The molecule has 2 rings (SSSR count). The molecule has 112 valence electrons. The van der Waals surface area contributed by atoms with Crippen LogP contribution < -0.4 is 10.9 Å². The fourth-order valence-electron chi connectivity index (χ4n) is 2.24. The average Bonchev–Trinajstić information content (AvgIpc) is 2.86. The Morgan fingerprint density at radius 1 is 1.33 bits per heavy atom. The number of amides is 1. The number of aryl methyl sites for hydroxylation is 3. The molecule has 2 aromatic rings. The molecule has 0 unspecified atom stereocenters. The fourth-order valence-corrected chi connectivity index (χ4v) is 2.24. The average molecular weight is 288 g/mol. The fraction of sp³-hybridized carbons (Fsp3) is 0.400. The summed E-state index contributed by atoms with van der Waals surface area (Å²) in [6, 6.07) is 3.63. The number of aromatic nitrogens is 3. The van der Waals surface area contributed by atoms with E-state index in [1.54, 1.807) is 6.07 Å². The molecule has 2 heterocycles. The second kappa shape index (κ2) is 6.39. The molecule has 0 atom stereocenters. The first-order valence-corrected chi connectivity index (χ1v) is 7.03. The lowest BCUT2D eigenvalue weighted by molar-refractivity contribution is 0.0945. The van der Waals surface area contributed by atoms with Crippen LogP contribution in [0.5, 0.6) is 0 Å². The van der Waals surface area contributed by atoms with Crippen LogP contribution in [0.15, 0.2) is 16.9 Å². The van der Waals surface area contributed by atoms with Gasteiger partial charge in [-0.05, 0) is 38.0 Å². The third-order valence-electron chi connectivity index (χ3n) is 3.30. The monoisotopic (exact) mass is 288 g/mol. The largest absolute Gasteiger partial charge is 0.346 e. The molecule has 0 aliphatic rings. The van der Waals surface area contributed by atoms with Gasteiger partial charge in [0.05, 0.1) is 0 Å². The maximum absolute atomic E-state index is 12.0. The van der Waals surface area contributed by atoms with Crippen LogP contribution in [0.25, 0.3) is 0 Å². The molecule has 0 spiro atoms. The van der Waals surface area contributed by atoms with Gasteiger partial charge in [-0.2, -0.15) is 5.10 Å². The van der Waals surface area contributed by atoms with Gasteiger partial charge in [0.15, 0.2) is 0 Å². The molecule has 1 amide bonds. The van der Waals surface area contributed by atoms with E-state index in [1.807, 2.05) is 19.9 Å². The Morgan fingerprint density at radius 3 is 2.76 bits per heavy atom. The van der Waals surface area contributed by atoms with Crippen molar-refractivity contribution in [2.45, 2.75) is 40.2 Å². The topological polar surface area (TPSA) is 90.6 Å². The van der Waals surface area contributed by atoms with Crippen LogP contribution in [0, 0.1) is 13.8 Å². The highest BCUT2D eigenvalue weighted by Crippen LogP contribution is 2.05. The number of carbonyl (C=O) groups is 1. The van der Waals surface area contributed by atoms with Gasteiger partial charge >= 0.3 is 0 Å². The maximum Gasteiger partial charge on any atom is 0.272 e. The molecular formula is C15H20N4O2. The summed E-state index contributed by atoms with van der Waals surface area (Å²) in [5.41, 5.74) is 3.36. The molecule has 2 aromatic heterocycles. The lowest BCUT2D eigenvalue weighted by Crippen LogP contribution is -2.28. The van der Waals surface area contributed by atoms with Crippen LogP contribution in [-0.2, 0) is 13.0 Å². The summed E-state index contributed by atoms with van der Waals surface area (Å²) in [6.45, 7) is 5.94. The Bertz CT molecular complexity index is 700. The molecule has 0 radical (unpaired) electrons. The highest BCUT2D eigenvalue weighted by atomic mass is 16.2. The molecule has 0 aliphatic carbocycles. The van der Waals surface area contributed by atoms with Gasteiger partial charge in [0, 0.05) is 23.5 Å². The first kappa shape index (κ1) is 15.0. The van der Waals surface area contributed by atoms with E-state index in [4.69, 9.17) is 0 Å². The zero-order valence-corrected chi connectivity index (χ0v) is 12.5. The summed E-state index contributed by atoms with van der Waals surface area (Å²) < 4.78 is 0. The molecule has 0 fully saturated rings. The van der Waals surface area contributed by atoms with Crippen LogP contribution in [0.1, 0.15) is 46.3 Å². The molecule has 3 N–H and O–H groups in total. The lowest BCUT2D eigenvalue weighted by Gasteiger charge is -2.07. The third kappa shape index (κ3) is 3.59. The van der Waals surface area contributed by atoms with Crippen molar-refractivity contribution in [1.29, 1.82) is 0 Å². The van der Waals surface area contributed by atoms with Crippen LogP contribution >= 0.6 is 0 Å². The molecule has 0 aromatic carbocycles. The summed E-state index contributed by atoms with van der Waals surface area (Å²) in [4.78, 5) is 26.6. The first-order chi connectivity index (χ1) is 10.0. The van der Waals surface area contributed by atoms with E-state index in [1.165, 1.54) is 0 Å². The Balaban J connectivity index is 2.05. The Morgan fingerprint density at radius 2 is 2.10 bits per heavy atom. The van der Waals surface area contributed by atoms with E-state index in [9.17, 15) is 9.59 Å². The van der Waals surface area contributed by atoms with E-state index in [2.05, 4.69) is 27.4 Å². The predicted octanol–water partition coefficient (Wildman–Crippen LogP) is 1.60. The number of pyridine rings is 1. The zero-order valence-electron chi connectivity index (χ0n) is 12.5. The quantitative estimate of drug-likeness (QED) is 0.780. The number of nitrogens with one attached hydrogen (secondary N) is 3. The van der Waals surface area contributed by atoms with Crippen molar-refractivity contribution in [2.24, 2.45) is 0 Å². The van der Waals surface area contributed by atoms with Crippen molar-refractivity contribution >= 4 is 5.91 Å². The molecule has 0 bridgehead atoms. The summed E-state index contributed by atoms with van der Waals surface area (Å²) in [7, 11) is 0. The Kier molecular flexibility index (Phi) is 4.57. The van der Waals surface area contributed by atoms with E-state index < -0.39 is 0 Å². The second-order valence-corrected chi connectivity index (χ2v) is 5.15. The van der Waals surface area contributed by atoms with Gasteiger partial charge in [0.1, 0.15) is 5.69 Å². The smallest absolute Gasteiger partial charge is 0.272 e. The second-order valence-electron chi connectivity index (χ2n) is 5.15. The van der Waals surface area contributed by atoms with E-state index in [0.717, 1.165) is 29.8 Å². The molecule has 0 saturated heterocycles. The SMILES string of the molecule is CCCc1cc(C(=O)NCc2c(C)cc(C)[nH]c2=O)n[nH]1. The number of nitrogens with zero attached hydrogens (tertiary/aromatic N) is 1. The summed E-state index contributed by atoms with van der Waals surface area (Å²) >= 11 is 0. The van der Waals surface area contributed by atoms with Gasteiger partial charge in [0.2, 0.25) is 0 Å². The van der Waals surface area contributed by atoms with Crippen molar-refractivity contribution in [3.05, 3.63) is 50.7 Å². The molecule has 6 heteroatoms. The third-order valence-corrected chi connectivity index (χ3v) is 3.30. The summed E-state index contributed by atoms with van der Waals surface area (Å²) in [6.07, 6.45) is 1.85. The number of hydrogen-bond donors (Lipinski definition) is 3. The minimum Gasteiger partial charge on any atom is -0.346 e. The Hall–Kier alpha value is -2.37. The lowest BCUT2D eigenvalue weighted by atomic mass is 10.1. The normalized spacial score (nSPS) is 10.6. The van der Waals surface area contributed by atoms with E-state index in [-0.39, 0.29) is 18.0 Å². The minimum absolute atomic E-state index is 0.165. The molecule has 6 nitrogen and oxygen atoms in total. The van der Waals surface area contributed by atoms with Gasteiger partial charge in [-0.1, -0.05) is 13.3 Å². The zero-order chi connectivity index (χ0) is 15.4. The number of rotatable bonds is 5. The number of hydrogen-bond acceptors (Lipinski definition) is 3. The molecule has 21 heavy (non-hydrogen) atoms. The molecular weight excluding hydrogens is 268 g/mol. The Labute approximate surface area is 123 Å². The standard InChI is InChI=1S/C15H20N4O2/c1-4-5-11-7-13(19-18-11)15(21)16-8-12-9(2)6-10(3)17-14(12)20/h6-7H,4-5,8H2,1-3H3,(H,16,21)(H,17,20)(H,18,19). The van der Waals surface area contributed by atoms with Crippen LogP contribution in [0.2, 0.25) is 0 Å². The van der Waals surface area contributed by atoms with Crippen LogP contribution in [0.3, 0.4) is 0 Å². The highest BCUT2D eigenvalue weighted by Gasteiger charge is 2.12. The van der Waals surface area contributed by atoms with Crippen LogP contribution in [0.4, 0.5) is 0 Å².